The fourth-order valence-electron chi connectivity index (χ4n) is 1.31. The van der Waals surface area contributed by atoms with Crippen LogP contribution < -0.4 is 14.6 Å². The summed E-state index contributed by atoms with van der Waals surface area (Å²) in [7, 11) is 0. The highest BCUT2D eigenvalue weighted by molar-refractivity contribution is 7.82. The van der Waals surface area contributed by atoms with E-state index in [0.717, 1.165) is 0 Å². The second-order valence-electron chi connectivity index (χ2n) is 3.51. The molecule has 0 aliphatic carbocycles. The molecule has 94 valence electrons. The lowest BCUT2D eigenvalue weighted by atomic mass is 10.3. The van der Waals surface area contributed by atoms with Gasteiger partial charge in [0.05, 0.1) is 5.69 Å². The molecule has 2 rings (SSSR count). The standard InChI is InChI=1S/C12H12N2O3S/c13-9-6-7-12(15)11(8-9)14-18(16)17-10-4-2-1-3-5-10/h1-8,14-15H,13H2. The summed E-state index contributed by atoms with van der Waals surface area (Å²) >= 11 is -1.81. The molecule has 0 aromatic heterocycles. The molecule has 0 fully saturated rings. The Morgan fingerprint density at radius 3 is 2.61 bits per heavy atom. The van der Waals surface area contributed by atoms with E-state index in [1.54, 1.807) is 30.3 Å². The van der Waals surface area contributed by atoms with Gasteiger partial charge in [-0.25, -0.2) is 0 Å². The predicted octanol–water partition coefficient (Wildman–Crippen LogP) is 2.04. The Labute approximate surface area is 107 Å². The van der Waals surface area contributed by atoms with E-state index in [2.05, 4.69) is 4.72 Å². The van der Waals surface area contributed by atoms with Gasteiger partial charge in [0.25, 0.3) is 0 Å². The van der Waals surface area contributed by atoms with Crippen LogP contribution in [0.1, 0.15) is 0 Å². The lowest BCUT2D eigenvalue weighted by Crippen LogP contribution is -2.11. The van der Waals surface area contributed by atoms with Gasteiger partial charge in [0.15, 0.2) is 0 Å². The van der Waals surface area contributed by atoms with E-state index in [-0.39, 0.29) is 11.4 Å². The van der Waals surface area contributed by atoms with E-state index in [0.29, 0.717) is 11.4 Å². The van der Waals surface area contributed by atoms with Crippen LogP contribution in [0.2, 0.25) is 0 Å². The molecule has 2 aromatic rings. The SMILES string of the molecule is Nc1ccc(O)c(NS(=O)Oc2ccccc2)c1. The molecule has 2 aromatic carbocycles. The van der Waals surface area contributed by atoms with E-state index in [4.69, 9.17) is 9.92 Å². The number of rotatable bonds is 4. The van der Waals surface area contributed by atoms with Crippen LogP contribution in [0.5, 0.6) is 11.5 Å². The van der Waals surface area contributed by atoms with Crippen LogP contribution >= 0.6 is 0 Å². The molecule has 6 heteroatoms. The number of nitrogen functional groups attached to an aromatic ring is 1. The third-order valence-corrected chi connectivity index (χ3v) is 2.86. The number of phenols is 1. The van der Waals surface area contributed by atoms with Gasteiger partial charge in [-0.05, 0) is 30.3 Å². The highest BCUT2D eigenvalue weighted by Crippen LogP contribution is 2.26. The van der Waals surface area contributed by atoms with Crippen molar-refractivity contribution in [1.82, 2.24) is 0 Å². The Morgan fingerprint density at radius 2 is 1.89 bits per heavy atom. The zero-order chi connectivity index (χ0) is 13.0. The van der Waals surface area contributed by atoms with Crippen LogP contribution in [0, 0.1) is 0 Å². The third kappa shape index (κ3) is 3.14. The fraction of sp³-hybridized carbons (Fsp3) is 0. The van der Waals surface area contributed by atoms with Gasteiger partial charge >= 0.3 is 11.3 Å². The lowest BCUT2D eigenvalue weighted by molar-refractivity contribution is 0.477. The van der Waals surface area contributed by atoms with Crippen molar-refractivity contribution >= 4 is 22.6 Å². The van der Waals surface area contributed by atoms with Gasteiger partial charge in [0.2, 0.25) is 0 Å². The van der Waals surface area contributed by atoms with Crippen molar-refractivity contribution in [3.63, 3.8) is 0 Å². The van der Waals surface area contributed by atoms with Crippen molar-refractivity contribution < 1.29 is 13.5 Å². The average molecular weight is 264 g/mol. The Kier molecular flexibility index (Phi) is 3.69. The molecular weight excluding hydrogens is 252 g/mol. The van der Waals surface area contributed by atoms with Gasteiger partial charge in [-0.1, -0.05) is 18.2 Å². The minimum Gasteiger partial charge on any atom is -0.506 e. The Bertz CT molecular complexity index is 561. The summed E-state index contributed by atoms with van der Waals surface area (Å²) in [6, 6.07) is 13.2. The largest absolute Gasteiger partial charge is 0.506 e. The first kappa shape index (κ1) is 12.3. The quantitative estimate of drug-likeness (QED) is 0.448. The number of hydrogen-bond donors (Lipinski definition) is 3. The second-order valence-corrected chi connectivity index (χ2v) is 4.35. The van der Waals surface area contributed by atoms with Gasteiger partial charge in [0.1, 0.15) is 11.5 Å². The normalized spacial score (nSPS) is 11.8. The molecule has 0 saturated carbocycles. The van der Waals surface area contributed by atoms with Gasteiger partial charge in [0, 0.05) is 5.69 Å². The van der Waals surface area contributed by atoms with Crippen molar-refractivity contribution in [2.45, 2.75) is 0 Å². The monoisotopic (exact) mass is 264 g/mol. The molecular formula is C12H12N2O3S. The first-order valence-corrected chi connectivity index (χ1v) is 6.23. The Hall–Kier alpha value is -2.21. The zero-order valence-electron chi connectivity index (χ0n) is 9.37. The minimum atomic E-state index is -1.81. The summed E-state index contributed by atoms with van der Waals surface area (Å²) in [6.45, 7) is 0. The average Bonchev–Trinajstić information content (AvgIpc) is 2.35. The maximum Gasteiger partial charge on any atom is 0.316 e. The van der Waals surface area contributed by atoms with Gasteiger partial charge in [-0.15, -0.1) is 0 Å². The minimum absolute atomic E-state index is 0.0470. The first-order chi connectivity index (χ1) is 8.65. The van der Waals surface area contributed by atoms with Crippen molar-refractivity contribution in [1.29, 1.82) is 0 Å². The van der Waals surface area contributed by atoms with Crippen molar-refractivity contribution in [2.24, 2.45) is 0 Å². The summed E-state index contributed by atoms with van der Waals surface area (Å²) < 4.78 is 19.3. The number of aromatic hydroxyl groups is 1. The molecule has 0 aliphatic heterocycles. The molecule has 0 heterocycles. The van der Waals surface area contributed by atoms with Gasteiger partial charge < -0.3 is 15.0 Å². The molecule has 5 nitrogen and oxygen atoms in total. The molecule has 0 saturated heterocycles. The molecule has 18 heavy (non-hydrogen) atoms. The van der Waals surface area contributed by atoms with Crippen molar-refractivity contribution in [3.05, 3.63) is 48.5 Å². The number of para-hydroxylation sites is 1. The van der Waals surface area contributed by atoms with E-state index in [9.17, 15) is 9.32 Å². The van der Waals surface area contributed by atoms with Gasteiger partial charge in [-0.3, -0.25) is 4.72 Å². The van der Waals surface area contributed by atoms with E-state index < -0.39 is 11.3 Å². The maximum atomic E-state index is 11.7. The predicted molar refractivity (Wildman–Crippen MR) is 71.4 cm³/mol. The molecule has 0 bridgehead atoms. The summed E-state index contributed by atoms with van der Waals surface area (Å²) in [4.78, 5) is 0. The molecule has 0 amide bonds. The van der Waals surface area contributed by atoms with Crippen LogP contribution in [0.4, 0.5) is 11.4 Å². The van der Waals surface area contributed by atoms with Crippen LogP contribution in [-0.4, -0.2) is 9.32 Å². The Balaban J connectivity index is 2.05. The highest BCUT2D eigenvalue weighted by Gasteiger charge is 2.07. The van der Waals surface area contributed by atoms with Crippen molar-refractivity contribution in [2.75, 3.05) is 10.5 Å². The maximum absolute atomic E-state index is 11.7. The fourth-order valence-corrected chi connectivity index (χ4v) is 1.98. The number of anilines is 2. The second kappa shape index (κ2) is 5.42. The van der Waals surface area contributed by atoms with E-state index >= 15 is 0 Å². The van der Waals surface area contributed by atoms with E-state index in [1.807, 2.05) is 6.07 Å². The number of hydrogen-bond acceptors (Lipinski definition) is 4. The van der Waals surface area contributed by atoms with Crippen LogP contribution in [-0.2, 0) is 11.3 Å². The number of benzene rings is 2. The van der Waals surface area contributed by atoms with Gasteiger partial charge in [-0.2, -0.15) is 4.21 Å². The van der Waals surface area contributed by atoms with Crippen LogP contribution in [0.15, 0.2) is 48.5 Å². The number of nitrogens with one attached hydrogen (secondary N) is 1. The molecule has 0 radical (unpaired) electrons. The smallest absolute Gasteiger partial charge is 0.316 e. The molecule has 0 spiro atoms. The molecule has 1 unspecified atom stereocenters. The lowest BCUT2D eigenvalue weighted by Gasteiger charge is -2.09. The summed E-state index contributed by atoms with van der Waals surface area (Å²) in [5.74, 6) is 0.418. The third-order valence-electron chi connectivity index (χ3n) is 2.13. The topological polar surface area (TPSA) is 84.6 Å². The summed E-state index contributed by atoms with van der Waals surface area (Å²) in [6.07, 6.45) is 0. The summed E-state index contributed by atoms with van der Waals surface area (Å²) in [5, 5.41) is 9.54. The first-order valence-electron chi connectivity index (χ1n) is 5.15. The van der Waals surface area contributed by atoms with E-state index in [1.165, 1.54) is 12.1 Å². The molecule has 1 atom stereocenters. The zero-order valence-corrected chi connectivity index (χ0v) is 10.2. The number of phenolic OH excluding ortho intramolecular Hbond substituents is 1. The van der Waals surface area contributed by atoms with Crippen molar-refractivity contribution in [3.8, 4) is 11.5 Å². The highest BCUT2D eigenvalue weighted by atomic mass is 32.2. The number of nitrogens with two attached hydrogens (primary N) is 1. The molecule has 0 aliphatic rings. The summed E-state index contributed by atoms with van der Waals surface area (Å²) in [5.41, 5.74) is 6.27. The molecule has 4 N–H and O–H groups in total. The van der Waals surface area contributed by atoms with Crippen LogP contribution in [0.3, 0.4) is 0 Å². The van der Waals surface area contributed by atoms with Crippen LogP contribution in [0.25, 0.3) is 0 Å². The Morgan fingerprint density at radius 1 is 1.17 bits per heavy atom.